The van der Waals surface area contributed by atoms with Crippen LogP contribution in [-0.2, 0) is 0 Å². The van der Waals surface area contributed by atoms with E-state index in [4.69, 9.17) is 0 Å². The maximum absolute atomic E-state index is 13.1. The molecule has 33 heavy (non-hydrogen) atoms. The van der Waals surface area contributed by atoms with Gasteiger partial charge in [0.25, 0.3) is 6.43 Å². The Bertz CT molecular complexity index is 1300. The molecule has 3 N–H and O–H groups in total. The maximum Gasteiger partial charge on any atom is 0.280 e. The lowest BCUT2D eigenvalue weighted by atomic mass is 10.1. The van der Waals surface area contributed by atoms with Crippen molar-refractivity contribution in [2.45, 2.75) is 25.9 Å². The summed E-state index contributed by atoms with van der Waals surface area (Å²) in [7, 11) is 0. The Hall–Kier alpha value is -3.92. The summed E-state index contributed by atoms with van der Waals surface area (Å²) in [5, 5.41) is 20.8. The predicted octanol–water partition coefficient (Wildman–Crippen LogP) is 4.20. The van der Waals surface area contributed by atoms with Gasteiger partial charge in [-0.1, -0.05) is 12.6 Å². The summed E-state index contributed by atoms with van der Waals surface area (Å²) in [5.74, 6) is 0.648. The lowest BCUT2D eigenvalue weighted by Crippen LogP contribution is -2.33. The molecule has 0 unspecified atom stereocenters. The minimum absolute atomic E-state index is 0.193. The predicted molar refractivity (Wildman–Crippen MR) is 122 cm³/mol. The number of rotatable bonds is 8. The molecule has 0 amide bonds. The van der Waals surface area contributed by atoms with E-state index < -0.39 is 12.0 Å². The molecule has 8 nitrogen and oxygen atoms in total. The van der Waals surface area contributed by atoms with E-state index in [-0.39, 0.29) is 17.2 Å². The molecule has 10 heteroatoms. The molecule has 0 radical (unpaired) electrons. The highest BCUT2D eigenvalue weighted by molar-refractivity contribution is 5.81. The topological polar surface area (TPSA) is 100 Å². The van der Waals surface area contributed by atoms with E-state index in [1.807, 2.05) is 6.07 Å². The van der Waals surface area contributed by atoms with Crippen molar-refractivity contribution >= 4 is 22.7 Å². The molecule has 4 aromatic heterocycles. The van der Waals surface area contributed by atoms with Gasteiger partial charge in [0.1, 0.15) is 16.9 Å². The molecule has 4 rings (SSSR count). The maximum atomic E-state index is 13.1. The van der Waals surface area contributed by atoms with Gasteiger partial charge in [0.15, 0.2) is 5.82 Å². The van der Waals surface area contributed by atoms with Crippen molar-refractivity contribution in [3.63, 3.8) is 0 Å². The monoisotopic (exact) mass is 451 g/mol. The van der Waals surface area contributed by atoms with Crippen LogP contribution in [0.5, 0.6) is 0 Å². The second-order valence-corrected chi connectivity index (χ2v) is 8.06. The number of aliphatic hydroxyl groups is 1. The lowest BCUT2D eigenvalue weighted by Gasteiger charge is -2.21. The van der Waals surface area contributed by atoms with Crippen LogP contribution in [0.25, 0.3) is 22.7 Å². The summed E-state index contributed by atoms with van der Waals surface area (Å²) in [6.45, 7) is 7.74. The highest BCUT2D eigenvalue weighted by atomic mass is 19.3. The number of aromatic nitrogens is 5. The zero-order chi connectivity index (χ0) is 23.6. The van der Waals surface area contributed by atoms with Gasteiger partial charge in [0, 0.05) is 36.4 Å². The van der Waals surface area contributed by atoms with E-state index in [1.165, 1.54) is 12.1 Å². The minimum atomic E-state index is -2.69. The summed E-state index contributed by atoms with van der Waals surface area (Å²) >= 11 is 0. The van der Waals surface area contributed by atoms with Crippen LogP contribution >= 0.6 is 0 Å². The SMILES string of the molecule is C=C(NCC(C)(C)O)c1cnccc1Nc1nc(-c2cccc(C(F)F)n2)nn2cccc12. The molecule has 0 aliphatic heterocycles. The van der Waals surface area contributed by atoms with Gasteiger partial charge in [-0.2, -0.15) is 0 Å². The average Bonchev–Trinajstić information content (AvgIpc) is 3.26. The molecule has 0 bridgehead atoms. The first-order valence-corrected chi connectivity index (χ1v) is 10.2. The first-order valence-electron chi connectivity index (χ1n) is 10.2. The average molecular weight is 451 g/mol. The molecule has 4 heterocycles. The van der Waals surface area contributed by atoms with Gasteiger partial charge in [0.05, 0.1) is 11.3 Å². The number of nitrogens with one attached hydrogen (secondary N) is 2. The molecular weight excluding hydrogens is 428 g/mol. The summed E-state index contributed by atoms with van der Waals surface area (Å²) < 4.78 is 27.9. The normalized spacial score (nSPS) is 11.7. The third kappa shape index (κ3) is 5.12. The van der Waals surface area contributed by atoms with Gasteiger partial charge < -0.3 is 15.7 Å². The summed E-state index contributed by atoms with van der Waals surface area (Å²) in [6.07, 6.45) is 2.31. The molecule has 0 saturated heterocycles. The molecule has 0 saturated carbocycles. The van der Waals surface area contributed by atoms with Crippen molar-refractivity contribution in [1.82, 2.24) is 29.9 Å². The minimum Gasteiger partial charge on any atom is -0.389 e. The Labute approximate surface area is 189 Å². The fourth-order valence-corrected chi connectivity index (χ4v) is 3.12. The van der Waals surface area contributed by atoms with Crippen LogP contribution in [0.1, 0.15) is 31.5 Å². The van der Waals surface area contributed by atoms with Crippen LogP contribution in [0.2, 0.25) is 0 Å². The van der Waals surface area contributed by atoms with Crippen LogP contribution in [0.15, 0.2) is 61.6 Å². The number of fused-ring (bicyclic) bond motifs is 1. The Morgan fingerprint density at radius 1 is 1.18 bits per heavy atom. The van der Waals surface area contributed by atoms with Crippen molar-refractivity contribution in [2.75, 3.05) is 11.9 Å². The van der Waals surface area contributed by atoms with Crippen molar-refractivity contribution < 1.29 is 13.9 Å². The molecular formula is C23H23F2N7O. The van der Waals surface area contributed by atoms with Crippen molar-refractivity contribution in [3.8, 4) is 11.5 Å². The van der Waals surface area contributed by atoms with Crippen molar-refractivity contribution in [2.24, 2.45) is 0 Å². The standard InChI is InChI=1S/C23H23F2N7O/c1-14(27-13-23(2,3)33)15-12-26-10-9-16(15)29-22-19-8-5-11-32(19)31-21(30-22)18-7-4-6-17(28-18)20(24)25/h4-12,20,27,33H,1,13H2,2-3H3,(H,26,29,30,31). The van der Waals surface area contributed by atoms with Crippen LogP contribution in [0, 0.1) is 0 Å². The molecule has 0 aliphatic rings. The van der Waals surface area contributed by atoms with Gasteiger partial charge in [-0.05, 0) is 44.2 Å². The molecule has 170 valence electrons. The molecule has 0 atom stereocenters. The van der Waals surface area contributed by atoms with Gasteiger partial charge in [-0.3, -0.25) is 4.98 Å². The Balaban J connectivity index is 1.71. The van der Waals surface area contributed by atoms with Gasteiger partial charge >= 0.3 is 0 Å². The van der Waals surface area contributed by atoms with E-state index >= 15 is 0 Å². The van der Waals surface area contributed by atoms with Gasteiger partial charge in [0.2, 0.25) is 5.82 Å². The number of hydrogen-bond acceptors (Lipinski definition) is 7. The largest absolute Gasteiger partial charge is 0.389 e. The number of nitrogens with zero attached hydrogens (tertiary/aromatic N) is 5. The summed E-state index contributed by atoms with van der Waals surface area (Å²) in [6, 6.07) is 9.75. The quantitative estimate of drug-likeness (QED) is 0.369. The third-order valence-electron chi connectivity index (χ3n) is 4.75. The second kappa shape index (κ2) is 8.91. The highest BCUT2D eigenvalue weighted by Crippen LogP contribution is 2.28. The number of pyridine rings is 2. The van der Waals surface area contributed by atoms with Crippen LogP contribution < -0.4 is 10.6 Å². The van der Waals surface area contributed by atoms with E-state index in [0.29, 0.717) is 34.8 Å². The zero-order valence-electron chi connectivity index (χ0n) is 18.1. The second-order valence-electron chi connectivity index (χ2n) is 8.06. The van der Waals surface area contributed by atoms with E-state index in [2.05, 4.69) is 37.3 Å². The molecule has 0 aromatic carbocycles. The number of halogens is 2. The van der Waals surface area contributed by atoms with Gasteiger partial charge in [-0.15, -0.1) is 5.10 Å². The fourth-order valence-electron chi connectivity index (χ4n) is 3.12. The van der Waals surface area contributed by atoms with E-state index in [0.717, 1.165) is 0 Å². The van der Waals surface area contributed by atoms with Crippen molar-refractivity contribution in [1.29, 1.82) is 0 Å². The van der Waals surface area contributed by atoms with Crippen LogP contribution in [-0.4, -0.2) is 41.8 Å². The Morgan fingerprint density at radius 2 is 2.00 bits per heavy atom. The molecule has 4 aromatic rings. The lowest BCUT2D eigenvalue weighted by molar-refractivity contribution is 0.0843. The summed E-state index contributed by atoms with van der Waals surface area (Å²) in [4.78, 5) is 12.7. The van der Waals surface area contributed by atoms with Gasteiger partial charge in [-0.25, -0.2) is 23.3 Å². The highest BCUT2D eigenvalue weighted by Gasteiger charge is 2.17. The number of alkyl halides is 2. The van der Waals surface area contributed by atoms with E-state index in [9.17, 15) is 13.9 Å². The Kier molecular flexibility index (Phi) is 6.01. The molecule has 0 fully saturated rings. The number of anilines is 2. The smallest absolute Gasteiger partial charge is 0.280 e. The first kappa shape index (κ1) is 22.3. The zero-order valence-corrected chi connectivity index (χ0v) is 18.1. The third-order valence-corrected chi connectivity index (χ3v) is 4.75. The van der Waals surface area contributed by atoms with Crippen LogP contribution in [0.4, 0.5) is 20.3 Å². The van der Waals surface area contributed by atoms with E-state index in [1.54, 1.807) is 55.2 Å². The molecule has 0 aliphatic carbocycles. The first-order chi connectivity index (χ1) is 15.7. The number of hydrogen-bond donors (Lipinski definition) is 3. The van der Waals surface area contributed by atoms with Crippen LogP contribution in [0.3, 0.4) is 0 Å². The summed E-state index contributed by atoms with van der Waals surface area (Å²) in [5.41, 5.74) is 1.57. The molecule has 0 spiro atoms. The Morgan fingerprint density at radius 3 is 2.76 bits per heavy atom. The fraction of sp³-hybridized carbons (Fsp3) is 0.217. The van der Waals surface area contributed by atoms with Crippen molar-refractivity contribution in [3.05, 3.63) is 72.8 Å².